The number of carbonyl (C=O) groups excluding carboxylic acids is 1. The summed E-state index contributed by atoms with van der Waals surface area (Å²) >= 11 is 0. The third-order valence-corrected chi connectivity index (χ3v) is 5.30. The number of guanidine groups is 1. The summed E-state index contributed by atoms with van der Waals surface area (Å²) in [7, 11) is 0. The van der Waals surface area contributed by atoms with Crippen LogP contribution >= 0.6 is 24.0 Å². The number of piperidine rings is 1. The molecule has 1 aromatic carbocycles. The fourth-order valence-corrected chi connectivity index (χ4v) is 3.82. The molecule has 6 heteroatoms. The summed E-state index contributed by atoms with van der Waals surface area (Å²) in [6.07, 6.45) is 3.97. The minimum Gasteiger partial charge on any atom is -0.370 e. The average molecular weight is 470 g/mol. The Morgan fingerprint density at radius 1 is 1.27 bits per heavy atom. The van der Waals surface area contributed by atoms with Gasteiger partial charge in [0.2, 0.25) is 5.91 Å². The van der Waals surface area contributed by atoms with Crippen LogP contribution in [0.15, 0.2) is 35.3 Å². The van der Waals surface area contributed by atoms with Crippen molar-refractivity contribution in [1.29, 1.82) is 0 Å². The number of nitrogens with two attached hydrogens (primary N) is 1. The van der Waals surface area contributed by atoms with Crippen molar-refractivity contribution < 1.29 is 4.79 Å². The van der Waals surface area contributed by atoms with Gasteiger partial charge in [0.1, 0.15) is 0 Å². The van der Waals surface area contributed by atoms with Crippen molar-refractivity contribution in [2.45, 2.75) is 32.6 Å². The fourth-order valence-electron chi connectivity index (χ4n) is 3.82. The first kappa shape index (κ1) is 21.0. The van der Waals surface area contributed by atoms with E-state index in [1.165, 1.54) is 18.4 Å². The van der Waals surface area contributed by atoms with Crippen molar-refractivity contribution in [3.8, 4) is 0 Å². The predicted octanol–water partition coefficient (Wildman–Crippen LogP) is 2.74. The molecular weight excluding hydrogens is 439 g/mol. The summed E-state index contributed by atoms with van der Waals surface area (Å²) < 4.78 is 0. The third-order valence-electron chi connectivity index (χ3n) is 5.30. The van der Waals surface area contributed by atoms with E-state index in [2.05, 4.69) is 28.9 Å². The molecular formula is C20H31IN4O. The summed E-state index contributed by atoms with van der Waals surface area (Å²) in [6.45, 7) is 6.53. The van der Waals surface area contributed by atoms with Crippen molar-refractivity contribution >= 4 is 35.8 Å². The normalized spacial score (nSPS) is 23.9. The van der Waals surface area contributed by atoms with Gasteiger partial charge in [-0.05, 0) is 30.7 Å². The molecule has 26 heavy (non-hydrogen) atoms. The molecule has 2 heterocycles. The lowest BCUT2D eigenvalue weighted by Gasteiger charge is -2.31. The molecule has 2 saturated heterocycles. The van der Waals surface area contributed by atoms with Crippen LogP contribution in [0.4, 0.5) is 0 Å². The second-order valence-electron chi connectivity index (χ2n) is 7.54. The maximum Gasteiger partial charge on any atom is 0.223 e. The zero-order chi connectivity index (χ0) is 17.6. The monoisotopic (exact) mass is 470 g/mol. The Morgan fingerprint density at radius 2 is 2.04 bits per heavy atom. The number of hydrogen-bond donors (Lipinski definition) is 1. The highest BCUT2D eigenvalue weighted by atomic mass is 127. The summed E-state index contributed by atoms with van der Waals surface area (Å²) in [6, 6.07) is 10.3. The van der Waals surface area contributed by atoms with Gasteiger partial charge in [0, 0.05) is 45.1 Å². The maximum atomic E-state index is 12.2. The number of nitrogens with zero attached hydrogens (tertiary/aromatic N) is 3. The standard InChI is InChI=1S/C20H30N4O.HI/c1-16-6-5-10-24(14-16)20(21)22-13-18-12-19(25)23(15-18)11-9-17-7-3-2-4-8-17;/h2-4,7-8,16,18H,5-6,9-15H2,1H3,(H2,21,22);1H. The van der Waals surface area contributed by atoms with Gasteiger partial charge < -0.3 is 15.5 Å². The first-order chi connectivity index (χ1) is 12.1. The maximum absolute atomic E-state index is 12.2. The topological polar surface area (TPSA) is 61.9 Å². The molecule has 0 spiro atoms. The van der Waals surface area contributed by atoms with Crippen LogP contribution in [-0.4, -0.2) is 54.4 Å². The van der Waals surface area contributed by atoms with E-state index < -0.39 is 0 Å². The lowest BCUT2D eigenvalue weighted by atomic mass is 10.0. The van der Waals surface area contributed by atoms with Crippen molar-refractivity contribution in [1.82, 2.24) is 9.80 Å². The molecule has 2 aliphatic heterocycles. The van der Waals surface area contributed by atoms with Gasteiger partial charge in [0.15, 0.2) is 5.96 Å². The molecule has 5 nitrogen and oxygen atoms in total. The molecule has 2 aliphatic rings. The van der Waals surface area contributed by atoms with Gasteiger partial charge in [0.25, 0.3) is 0 Å². The van der Waals surface area contributed by atoms with E-state index >= 15 is 0 Å². The van der Waals surface area contributed by atoms with Crippen molar-refractivity contribution in [3.05, 3.63) is 35.9 Å². The van der Waals surface area contributed by atoms with Gasteiger partial charge in [0.05, 0.1) is 0 Å². The van der Waals surface area contributed by atoms with Gasteiger partial charge in [-0.2, -0.15) is 0 Å². The van der Waals surface area contributed by atoms with E-state index in [1.807, 2.05) is 23.1 Å². The van der Waals surface area contributed by atoms with Crippen LogP contribution in [0.5, 0.6) is 0 Å². The lowest BCUT2D eigenvalue weighted by molar-refractivity contribution is -0.127. The van der Waals surface area contributed by atoms with Crippen LogP contribution in [0.1, 0.15) is 31.7 Å². The van der Waals surface area contributed by atoms with Crippen LogP contribution in [0.3, 0.4) is 0 Å². The molecule has 3 rings (SSSR count). The number of carbonyl (C=O) groups is 1. The minimum absolute atomic E-state index is 0. The van der Waals surface area contributed by atoms with Gasteiger partial charge in [-0.25, -0.2) is 0 Å². The predicted molar refractivity (Wildman–Crippen MR) is 117 cm³/mol. The Balaban J connectivity index is 0.00000243. The SMILES string of the molecule is CC1CCCN(C(N)=NCC2CC(=O)N(CCc3ccccc3)C2)C1.I. The van der Waals surface area contributed by atoms with Crippen LogP contribution in [-0.2, 0) is 11.2 Å². The lowest BCUT2D eigenvalue weighted by Crippen LogP contribution is -2.43. The Labute approximate surface area is 174 Å². The molecule has 0 bridgehead atoms. The van der Waals surface area contributed by atoms with E-state index in [-0.39, 0.29) is 29.9 Å². The zero-order valence-electron chi connectivity index (χ0n) is 15.6. The molecule has 2 unspecified atom stereocenters. The average Bonchev–Trinajstić information content (AvgIpc) is 2.98. The second kappa shape index (κ2) is 10.1. The van der Waals surface area contributed by atoms with Crippen LogP contribution in [0.25, 0.3) is 0 Å². The number of rotatable bonds is 5. The molecule has 1 amide bonds. The van der Waals surface area contributed by atoms with Crippen LogP contribution in [0, 0.1) is 11.8 Å². The van der Waals surface area contributed by atoms with Crippen LogP contribution < -0.4 is 5.73 Å². The highest BCUT2D eigenvalue weighted by molar-refractivity contribution is 14.0. The van der Waals surface area contributed by atoms with E-state index in [0.29, 0.717) is 30.8 Å². The molecule has 0 saturated carbocycles. The number of likely N-dealkylation sites (tertiary alicyclic amines) is 2. The highest BCUT2D eigenvalue weighted by Gasteiger charge is 2.29. The summed E-state index contributed by atoms with van der Waals surface area (Å²) in [5, 5.41) is 0. The van der Waals surface area contributed by atoms with E-state index in [9.17, 15) is 4.79 Å². The summed E-state index contributed by atoms with van der Waals surface area (Å²) in [5.41, 5.74) is 7.45. The van der Waals surface area contributed by atoms with Crippen molar-refractivity contribution in [2.75, 3.05) is 32.7 Å². The molecule has 2 N–H and O–H groups in total. The fraction of sp³-hybridized carbons (Fsp3) is 0.600. The van der Waals surface area contributed by atoms with E-state index in [1.54, 1.807) is 0 Å². The van der Waals surface area contributed by atoms with Gasteiger partial charge in [-0.1, -0.05) is 37.3 Å². The summed E-state index contributed by atoms with van der Waals surface area (Å²) in [4.78, 5) is 21.0. The number of benzene rings is 1. The Hall–Kier alpha value is -1.31. The first-order valence-corrected chi connectivity index (χ1v) is 9.48. The Morgan fingerprint density at radius 3 is 2.77 bits per heavy atom. The number of aliphatic imine (C=N–C) groups is 1. The molecule has 2 fully saturated rings. The quantitative estimate of drug-likeness (QED) is 0.409. The minimum atomic E-state index is 0. The zero-order valence-corrected chi connectivity index (χ0v) is 18.0. The molecule has 2 atom stereocenters. The Bertz CT molecular complexity index is 607. The van der Waals surface area contributed by atoms with Gasteiger partial charge in [-0.15, -0.1) is 24.0 Å². The van der Waals surface area contributed by atoms with E-state index in [0.717, 1.165) is 32.6 Å². The molecule has 0 aliphatic carbocycles. The number of amides is 1. The Kier molecular flexibility index (Phi) is 8.18. The number of halogens is 1. The molecule has 144 valence electrons. The van der Waals surface area contributed by atoms with Crippen LogP contribution in [0.2, 0.25) is 0 Å². The highest BCUT2D eigenvalue weighted by Crippen LogP contribution is 2.19. The largest absolute Gasteiger partial charge is 0.370 e. The first-order valence-electron chi connectivity index (χ1n) is 9.48. The van der Waals surface area contributed by atoms with Crippen molar-refractivity contribution in [2.24, 2.45) is 22.6 Å². The van der Waals surface area contributed by atoms with Crippen molar-refractivity contribution in [3.63, 3.8) is 0 Å². The molecule has 0 radical (unpaired) electrons. The summed E-state index contributed by atoms with van der Waals surface area (Å²) in [5.74, 6) is 1.89. The second-order valence-corrected chi connectivity index (χ2v) is 7.54. The molecule has 0 aromatic heterocycles. The number of hydrogen-bond acceptors (Lipinski definition) is 2. The third kappa shape index (κ3) is 5.86. The van der Waals surface area contributed by atoms with E-state index in [4.69, 9.17) is 5.73 Å². The molecule has 1 aromatic rings. The smallest absolute Gasteiger partial charge is 0.223 e. The van der Waals surface area contributed by atoms with Gasteiger partial charge in [-0.3, -0.25) is 9.79 Å². The van der Waals surface area contributed by atoms with Gasteiger partial charge >= 0.3 is 0 Å².